The van der Waals surface area contributed by atoms with E-state index >= 15 is 0 Å². The molecule has 22 heavy (non-hydrogen) atoms. The highest BCUT2D eigenvalue weighted by Crippen LogP contribution is 2.26. The molecule has 0 saturated carbocycles. The second-order valence-corrected chi connectivity index (χ2v) is 5.45. The van der Waals surface area contributed by atoms with Gasteiger partial charge in [0.25, 0.3) is 5.91 Å². The number of carboxylic acid groups (broad SMARTS) is 1. The quantitative estimate of drug-likeness (QED) is 0.886. The van der Waals surface area contributed by atoms with Crippen molar-refractivity contribution in [3.8, 4) is 5.69 Å². The summed E-state index contributed by atoms with van der Waals surface area (Å²) in [6, 6.07) is 7.19. The molecular weight excluding hydrogens is 306 g/mol. The Kier molecular flexibility index (Phi) is 4.82. The molecule has 2 N–H and O–H groups in total. The molecular formula is C15H16ClN3O3. The van der Waals surface area contributed by atoms with Crippen LogP contribution in [0.1, 0.15) is 35.8 Å². The third-order valence-corrected chi connectivity index (χ3v) is 3.40. The molecule has 1 amide bonds. The van der Waals surface area contributed by atoms with Gasteiger partial charge >= 0.3 is 5.97 Å². The Balaban J connectivity index is 2.44. The van der Waals surface area contributed by atoms with E-state index < -0.39 is 18.4 Å². The van der Waals surface area contributed by atoms with E-state index in [2.05, 4.69) is 10.4 Å². The monoisotopic (exact) mass is 321 g/mol. The van der Waals surface area contributed by atoms with Gasteiger partial charge < -0.3 is 10.4 Å². The molecule has 0 radical (unpaired) electrons. The fourth-order valence-corrected chi connectivity index (χ4v) is 2.37. The molecule has 0 aliphatic carbocycles. The van der Waals surface area contributed by atoms with Crippen LogP contribution in [0.3, 0.4) is 0 Å². The number of nitrogens with zero attached hydrogens (tertiary/aromatic N) is 2. The van der Waals surface area contributed by atoms with E-state index in [0.717, 1.165) is 0 Å². The summed E-state index contributed by atoms with van der Waals surface area (Å²) >= 11 is 6.19. The van der Waals surface area contributed by atoms with Crippen LogP contribution >= 0.6 is 11.6 Å². The molecule has 0 atom stereocenters. The van der Waals surface area contributed by atoms with Crippen molar-refractivity contribution in [1.82, 2.24) is 15.1 Å². The Labute approximate surface area is 132 Å². The summed E-state index contributed by atoms with van der Waals surface area (Å²) in [6.45, 7) is 3.42. The number of carbonyl (C=O) groups excluding carboxylic acids is 1. The molecule has 0 fully saturated rings. The van der Waals surface area contributed by atoms with Gasteiger partial charge in [-0.25, -0.2) is 4.68 Å². The lowest BCUT2D eigenvalue weighted by Gasteiger charge is -2.13. The molecule has 0 unspecified atom stereocenters. The topological polar surface area (TPSA) is 84.2 Å². The third kappa shape index (κ3) is 3.28. The Morgan fingerprint density at radius 1 is 1.36 bits per heavy atom. The summed E-state index contributed by atoms with van der Waals surface area (Å²) in [5.41, 5.74) is 1.69. The van der Waals surface area contributed by atoms with E-state index in [1.165, 1.54) is 6.20 Å². The van der Waals surface area contributed by atoms with Gasteiger partial charge in [-0.1, -0.05) is 37.6 Å². The van der Waals surface area contributed by atoms with Crippen LogP contribution in [-0.4, -0.2) is 33.3 Å². The number of aliphatic carboxylic acids is 1. The predicted molar refractivity (Wildman–Crippen MR) is 82.6 cm³/mol. The third-order valence-electron chi connectivity index (χ3n) is 3.08. The van der Waals surface area contributed by atoms with Gasteiger partial charge in [-0.05, 0) is 18.1 Å². The lowest BCUT2D eigenvalue weighted by molar-refractivity contribution is -0.135. The zero-order valence-electron chi connectivity index (χ0n) is 12.2. The van der Waals surface area contributed by atoms with E-state index in [1.807, 2.05) is 26.0 Å². The Morgan fingerprint density at radius 3 is 2.64 bits per heavy atom. The van der Waals surface area contributed by atoms with Crippen LogP contribution in [0.2, 0.25) is 5.02 Å². The van der Waals surface area contributed by atoms with Crippen LogP contribution in [0, 0.1) is 0 Å². The highest BCUT2D eigenvalue weighted by atomic mass is 35.5. The number of carbonyl (C=O) groups is 2. The second kappa shape index (κ2) is 6.62. The maximum absolute atomic E-state index is 12.1. The van der Waals surface area contributed by atoms with E-state index in [9.17, 15) is 9.59 Å². The second-order valence-electron chi connectivity index (χ2n) is 5.04. The number of hydrogen-bond acceptors (Lipinski definition) is 3. The largest absolute Gasteiger partial charge is 0.480 e. The van der Waals surface area contributed by atoms with Crippen LogP contribution in [-0.2, 0) is 4.79 Å². The maximum atomic E-state index is 12.1. The molecule has 1 heterocycles. The Morgan fingerprint density at radius 2 is 2.05 bits per heavy atom. The van der Waals surface area contributed by atoms with E-state index in [0.29, 0.717) is 22.0 Å². The summed E-state index contributed by atoms with van der Waals surface area (Å²) in [5.74, 6) is -1.56. The normalized spacial score (nSPS) is 10.7. The van der Waals surface area contributed by atoms with Crippen molar-refractivity contribution in [2.24, 2.45) is 0 Å². The molecule has 0 aliphatic heterocycles. The standard InChI is InChI=1S/C15H16ClN3O3/c1-9(2)14-10(15(22)17-8-13(20)21)7-18-19(14)12-6-4-3-5-11(12)16/h3-7,9H,8H2,1-2H3,(H,17,22)(H,20,21). The van der Waals surface area contributed by atoms with Gasteiger partial charge in [-0.3, -0.25) is 9.59 Å². The predicted octanol–water partition coefficient (Wildman–Crippen LogP) is 2.46. The molecule has 0 aliphatic rings. The van der Waals surface area contributed by atoms with E-state index in [-0.39, 0.29) is 5.92 Å². The fourth-order valence-electron chi connectivity index (χ4n) is 2.16. The molecule has 116 valence electrons. The molecule has 2 aromatic rings. The lowest BCUT2D eigenvalue weighted by Crippen LogP contribution is -2.30. The number of hydrogen-bond donors (Lipinski definition) is 2. The van der Waals surface area contributed by atoms with Crippen molar-refractivity contribution < 1.29 is 14.7 Å². The average molecular weight is 322 g/mol. The van der Waals surface area contributed by atoms with Crippen LogP contribution in [0.4, 0.5) is 0 Å². The molecule has 0 spiro atoms. The number of carboxylic acids is 1. The average Bonchev–Trinajstić information content (AvgIpc) is 2.90. The minimum atomic E-state index is -1.10. The number of amides is 1. The first kappa shape index (κ1) is 16.0. The zero-order chi connectivity index (χ0) is 16.3. The minimum absolute atomic E-state index is 0.00403. The highest BCUT2D eigenvalue weighted by molar-refractivity contribution is 6.32. The van der Waals surface area contributed by atoms with Crippen LogP contribution in [0.15, 0.2) is 30.5 Å². The van der Waals surface area contributed by atoms with E-state index in [4.69, 9.17) is 16.7 Å². The van der Waals surface area contributed by atoms with Gasteiger partial charge in [-0.2, -0.15) is 5.10 Å². The van der Waals surface area contributed by atoms with Gasteiger partial charge in [0, 0.05) is 0 Å². The van der Waals surface area contributed by atoms with Crippen molar-refractivity contribution in [2.45, 2.75) is 19.8 Å². The summed E-state index contributed by atoms with van der Waals surface area (Å²) in [5, 5.41) is 15.8. The van der Waals surface area contributed by atoms with Crippen molar-refractivity contribution in [2.75, 3.05) is 6.54 Å². The highest BCUT2D eigenvalue weighted by Gasteiger charge is 2.21. The summed E-state index contributed by atoms with van der Waals surface area (Å²) in [4.78, 5) is 22.7. The number of nitrogens with one attached hydrogen (secondary N) is 1. The molecule has 1 aromatic heterocycles. The van der Waals surface area contributed by atoms with Crippen LogP contribution < -0.4 is 5.32 Å². The number of para-hydroxylation sites is 1. The first-order chi connectivity index (χ1) is 10.4. The maximum Gasteiger partial charge on any atom is 0.322 e. The zero-order valence-corrected chi connectivity index (χ0v) is 13.0. The van der Waals surface area contributed by atoms with Crippen LogP contribution in [0.5, 0.6) is 0 Å². The molecule has 0 bridgehead atoms. The Bertz CT molecular complexity index is 710. The van der Waals surface area contributed by atoms with Crippen LogP contribution in [0.25, 0.3) is 5.69 Å². The number of benzene rings is 1. The molecule has 6 nitrogen and oxygen atoms in total. The van der Waals surface area contributed by atoms with Gasteiger partial charge in [-0.15, -0.1) is 0 Å². The first-order valence-corrected chi connectivity index (χ1v) is 7.12. The summed E-state index contributed by atoms with van der Waals surface area (Å²) < 4.78 is 1.61. The van der Waals surface area contributed by atoms with Crippen molar-refractivity contribution in [3.63, 3.8) is 0 Å². The van der Waals surface area contributed by atoms with Crippen molar-refractivity contribution in [1.29, 1.82) is 0 Å². The molecule has 7 heteroatoms. The van der Waals surface area contributed by atoms with E-state index in [1.54, 1.807) is 16.8 Å². The number of aromatic nitrogens is 2. The van der Waals surface area contributed by atoms with Gasteiger partial charge in [0.1, 0.15) is 6.54 Å². The minimum Gasteiger partial charge on any atom is -0.480 e. The molecule has 2 rings (SSSR count). The lowest BCUT2D eigenvalue weighted by atomic mass is 10.1. The van der Waals surface area contributed by atoms with Gasteiger partial charge in [0.15, 0.2) is 0 Å². The molecule has 1 aromatic carbocycles. The first-order valence-electron chi connectivity index (χ1n) is 6.74. The smallest absolute Gasteiger partial charge is 0.322 e. The SMILES string of the molecule is CC(C)c1c(C(=O)NCC(=O)O)cnn1-c1ccccc1Cl. The number of halogens is 1. The fraction of sp³-hybridized carbons (Fsp3) is 0.267. The van der Waals surface area contributed by atoms with Crippen molar-refractivity contribution in [3.05, 3.63) is 46.7 Å². The number of rotatable bonds is 5. The van der Waals surface area contributed by atoms with Crippen molar-refractivity contribution >= 4 is 23.5 Å². The molecule has 0 saturated heterocycles. The summed E-state index contributed by atoms with van der Waals surface area (Å²) in [7, 11) is 0. The summed E-state index contributed by atoms with van der Waals surface area (Å²) in [6.07, 6.45) is 1.43. The van der Waals surface area contributed by atoms with Gasteiger partial charge in [0.2, 0.25) is 0 Å². The van der Waals surface area contributed by atoms with Gasteiger partial charge in [0.05, 0.1) is 28.2 Å². The Hall–Kier alpha value is -2.34.